The Hall–Kier alpha value is -2.54. The summed E-state index contributed by atoms with van der Waals surface area (Å²) in [6.45, 7) is 6.17. The second kappa shape index (κ2) is 6.99. The summed E-state index contributed by atoms with van der Waals surface area (Å²) in [4.78, 5) is 17.8. The summed E-state index contributed by atoms with van der Waals surface area (Å²) in [6, 6.07) is 8.18. The summed E-state index contributed by atoms with van der Waals surface area (Å²) >= 11 is 1.41. The van der Waals surface area contributed by atoms with E-state index in [1.807, 2.05) is 6.07 Å². The molecule has 0 atom stereocenters. The fourth-order valence-corrected chi connectivity index (χ4v) is 3.30. The predicted octanol–water partition coefficient (Wildman–Crippen LogP) is 4.16. The van der Waals surface area contributed by atoms with E-state index < -0.39 is 0 Å². The molecule has 0 unspecified atom stereocenters. The fraction of sp³-hybridized carbons (Fsp3) is 0.316. The number of nitrogens with zero attached hydrogens (tertiary/aromatic N) is 3. The van der Waals surface area contributed by atoms with Crippen molar-refractivity contribution in [2.45, 2.75) is 32.6 Å². The number of benzene rings is 1. The van der Waals surface area contributed by atoms with Crippen molar-refractivity contribution in [1.82, 2.24) is 14.8 Å². The van der Waals surface area contributed by atoms with Crippen LogP contribution in [0.15, 0.2) is 36.5 Å². The molecule has 0 radical (unpaired) electrons. The van der Waals surface area contributed by atoms with E-state index in [-0.39, 0.29) is 17.1 Å². The molecule has 2 aromatic heterocycles. The number of carbonyl (C=O) groups excluding carboxylic acids is 1. The highest BCUT2D eigenvalue weighted by atomic mass is 32.1. The number of rotatable bonds is 4. The maximum Gasteiger partial charge on any atom is 0.275 e. The highest BCUT2D eigenvalue weighted by Crippen LogP contribution is 2.24. The molecule has 7 heteroatoms. The lowest BCUT2D eigenvalue weighted by molar-refractivity contribution is 0.101. The number of aromatic nitrogens is 3. The topological polar surface area (TPSA) is 59.8 Å². The Labute approximate surface area is 155 Å². The van der Waals surface area contributed by atoms with E-state index in [4.69, 9.17) is 0 Å². The molecule has 0 spiro atoms. The predicted molar refractivity (Wildman–Crippen MR) is 101 cm³/mol. The Morgan fingerprint density at radius 2 is 1.96 bits per heavy atom. The molecule has 1 aromatic carbocycles. The minimum atomic E-state index is -0.253. The lowest BCUT2D eigenvalue weighted by Crippen LogP contribution is -2.15. The molecule has 26 heavy (non-hydrogen) atoms. The smallest absolute Gasteiger partial charge is 0.275 e. The van der Waals surface area contributed by atoms with Crippen LogP contribution in [0.1, 0.15) is 47.4 Å². The minimum Gasteiger partial charge on any atom is -0.296 e. The summed E-state index contributed by atoms with van der Waals surface area (Å²) in [6.07, 6.45) is 2.38. The van der Waals surface area contributed by atoms with Crippen molar-refractivity contribution in [2.24, 2.45) is 7.05 Å². The van der Waals surface area contributed by atoms with Crippen LogP contribution >= 0.6 is 11.3 Å². The average molecular weight is 372 g/mol. The van der Waals surface area contributed by atoms with Gasteiger partial charge in [0.05, 0.1) is 5.69 Å². The van der Waals surface area contributed by atoms with Gasteiger partial charge in [-0.05, 0) is 23.8 Å². The standard InChI is InChI=1S/C19H21FN4OS/c1-19(2,3)16-10-15(24(4)23-16)17(25)22-18-21-11-14(26-18)9-12-5-7-13(20)8-6-12/h5-8,10-11H,9H2,1-4H3,(H,21,22,25). The number of hydrogen-bond acceptors (Lipinski definition) is 4. The van der Waals surface area contributed by atoms with Crippen LogP contribution in [0, 0.1) is 5.82 Å². The van der Waals surface area contributed by atoms with Gasteiger partial charge in [-0.1, -0.05) is 32.9 Å². The molecule has 0 saturated heterocycles. The zero-order chi connectivity index (χ0) is 18.9. The Morgan fingerprint density at radius 3 is 2.58 bits per heavy atom. The number of thiazole rings is 1. The molecule has 0 aliphatic rings. The number of hydrogen-bond donors (Lipinski definition) is 1. The van der Waals surface area contributed by atoms with Gasteiger partial charge in [-0.25, -0.2) is 9.37 Å². The van der Waals surface area contributed by atoms with Gasteiger partial charge in [-0.2, -0.15) is 5.10 Å². The number of carbonyl (C=O) groups is 1. The lowest BCUT2D eigenvalue weighted by atomic mass is 9.92. The van der Waals surface area contributed by atoms with E-state index in [0.717, 1.165) is 16.1 Å². The van der Waals surface area contributed by atoms with Crippen LogP contribution in [-0.2, 0) is 18.9 Å². The van der Waals surface area contributed by atoms with Crippen molar-refractivity contribution in [3.63, 3.8) is 0 Å². The van der Waals surface area contributed by atoms with Gasteiger partial charge in [-0.3, -0.25) is 14.8 Å². The van der Waals surface area contributed by atoms with E-state index in [1.165, 1.54) is 23.5 Å². The second-order valence-corrected chi connectivity index (χ2v) is 8.29. The number of aryl methyl sites for hydroxylation is 1. The second-order valence-electron chi connectivity index (χ2n) is 7.18. The third kappa shape index (κ3) is 4.16. The van der Waals surface area contributed by atoms with Gasteiger partial charge in [0.25, 0.3) is 5.91 Å². The van der Waals surface area contributed by atoms with E-state index >= 15 is 0 Å². The highest BCUT2D eigenvalue weighted by molar-refractivity contribution is 7.15. The first-order valence-electron chi connectivity index (χ1n) is 8.27. The third-order valence-electron chi connectivity index (χ3n) is 3.95. The fourth-order valence-electron chi connectivity index (χ4n) is 2.46. The largest absolute Gasteiger partial charge is 0.296 e. The maximum atomic E-state index is 13.0. The molecule has 5 nitrogen and oxygen atoms in total. The quantitative estimate of drug-likeness (QED) is 0.748. The molecule has 0 saturated carbocycles. The molecule has 2 heterocycles. The van der Waals surface area contributed by atoms with Crippen LogP contribution < -0.4 is 5.32 Å². The molecule has 1 N–H and O–H groups in total. The van der Waals surface area contributed by atoms with Gasteiger partial charge in [0.15, 0.2) is 5.13 Å². The van der Waals surface area contributed by atoms with Crippen LogP contribution in [0.4, 0.5) is 9.52 Å². The van der Waals surface area contributed by atoms with E-state index in [2.05, 4.69) is 36.2 Å². The van der Waals surface area contributed by atoms with Gasteiger partial charge in [0.2, 0.25) is 0 Å². The lowest BCUT2D eigenvalue weighted by Gasteiger charge is -2.13. The monoisotopic (exact) mass is 372 g/mol. The zero-order valence-corrected chi connectivity index (χ0v) is 16.0. The summed E-state index contributed by atoms with van der Waals surface area (Å²) < 4.78 is 14.6. The summed E-state index contributed by atoms with van der Waals surface area (Å²) in [5, 5.41) is 7.78. The molecule has 0 aliphatic carbocycles. The molecule has 0 bridgehead atoms. The number of nitrogens with one attached hydrogen (secondary N) is 1. The average Bonchev–Trinajstić information content (AvgIpc) is 3.16. The van der Waals surface area contributed by atoms with Crippen LogP contribution in [0.3, 0.4) is 0 Å². The van der Waals surface area contributed by atoms with Crippen LogP contribution in [0.2, 0.25) is 0 Å². The molecule has 0 aliphatic heterocycles. The van der Waals surface area contributed by atoms with Crippen molar-refractivity contribution >= 4 is 22.4 Å². The SMILES string of the molecule is Cn1nc(C(C)(C)C)cc1C(=O)Nc1ncc(Cc2ccc(F)cc2)s1. The van der Waals surface area contributed by atoms with Gasteiger partial charge in [-0.15, -0.1) is 11.3 Å². The van der Waals surface area contributed by atoms with Gasteiger partial charge in [0.1, 0.15) is 11.5 Å². The van der Waals surface area contributed by atoms with Gasteiger partial charge < -0.3 is 0 Å². The minimum absolute atomic E-state index is 0.125. The third-order valence-corrected chi connectivity index (χ3v) is 4.86. The molecular formula is C19H21FN4OS. The Bertz CT molecular complexity index is 922. The Morgan fingerprint density at radius 1 is 1.27 bits per heavy atom. The van der Waals surface area contributed by atoms with E-state index in [9.17, 15) is 9.18 Å². The summed E-state index contributed by atoms with van der Waals surface area (Å²) in [7, 11) is 1.76. The molecule has 3 rings (SSSR count). The molecule has 0 fully saturated rings. The normalized spacial score (nSPS) is 11.6. The maximum absolute atomic E-state index is 13.0. The highest BCUT2D eigenvalue weighted by Gasteiger charge is 2.22. The summed E-state index contributed by atoms with van der Waals surface area (Å²) in [5.41, 5.74) is 2.22. The summed E-state index contributed by atoms with van der Waals surface area (Å²) in [5.74, 6) is -0.491. The molecule has 136 valence electrons. The zero-order valence-electron chi connectivity index (χ0n) is 15.2. The van der Waals surface area contributed by atoms with Crippen molar-refractivity contribution in [2.75, 3.05) is 5.32 Å². The number of amides is 1. The van der Waals surface area contributed by atoms with E-state index in [0.29, 0.717) is 17.2 Å². The first-order chi connectivity index (χ1) is 12.2. The van der Waals surface area contributed by atoms with E-state index in [1.54, 1.807) is 30.1 Å². The van der Waals surface area contributed by atoms with Crippen LogP contribution in [0.25, 0.3) is 0 Å². The van der Waals surface area contributed by atoms with Crippen LogP contribution in [-0.4, -0.2) is 20.7 Å². The number of anilines is 1. The van der Waals surface area contributed by atoms with Crippen molar-refractivity contribution < 1.29 is 9.18 Å². The Kier molecular flexibility index (Phi) is 4.91. The van der Waals surface area contributed by atoms with Crippen LogP contribution in [0.5, 0.6) is 0 Å². The number of halogens is 1. The van der Waals surface area contributed by atoms with Crippen molar-refractivity contribution in [1.29, 1.82) is 0 Å². The Balaban J connectivity index is 1.70. The molecule has 3 aromatic rings. The first-order valence-corrected chi connectivity index (χ1v) is 9.09. The van der Waals surface area contributed by atoms with Gasteiger partial charge >= 0.3 is 0 Å². The molecule has 1 amide bonds. The van der Waals surface area contributed by atoms with Crippen molar-refractivity contribution in [3.05, 3.63) is 64.2 Å². The molecular weight excluding hydrogens is 351 g/mol. The van der Waals surface area contributed by atoms with Crippen molar-refractivity contribution in [3.8, 4) is 0 Å². The first kappa shape index (κ1) is 18.3. The van der Waals surface area contributed by atoms with Gasteiger partial charge in [0, 0.05) is 30.0 Å².